The Bertz CT molecular complexity index is 476. The molecular weight excluding hydrogens is 272 g/mol. The molecule has 1 unspecified atom stereocenters. The van der Waals surface area contributed by atoms with Crippen molar-refractivity contribution in [1.82, 2.24) is 10.2 Å². The van der Waals surface area contributed by atoms with E-state index in [-0.39, 0.29) is 18.0 Å². The summed E-state index contributed by atoms with van der Waals surface area (Å²) < 4.78 is 6.15. The number of hydrogen-bond acceptors (Lipinski definition) is 3. The van der Waals surface area contributed by atoms with Crippen LogP contribution in [-0.4, -0.2) is 36.7 Å². The van der Waals surface area contributed by atoms with Gasteiger partial charge in [-0.05, 0) is 32.9 Å². The maximum absolute atomic E-state index is 6.15. The zero-order chi connectivity index (χ0) is 13.5. The first-order valence-corrected chi connectivity index (χ1v) is 7.27. The fourth-order valence-electron chi connectivity index (χ4n) is 3.26. The van der Waals surface area contributed by atoms with Crippen molar-refractivity contribution in [3.63, 3.8) is 0 Å². The molecule has 0 saturated carbocycles. The highest BCUT2D eigenvalue weighted by Crippen LogP contribution is 2.38. The maximum Gasteiger partial charge on any atom is 0.127 e. The fourth-order valence-corrected chi connectivity index (χ4v) is 3.26. The largest absolute Gasteiger partial charge is 0.487 e. The molecule has 0 aliphatic carbocycles. The second kappa shape index (κ2) is 5.92. The van der Waals surface area contributed by atoms with Crippen molar-refractivity contribution in [2.45, 2.75) is 44.9 Å². The van der Waals surface area contributed by atoms with Crippen LogP contribution in [0.4, 0.5) is 0 Å². The van der Waals surface area contributed by atoms with Crippen LogP contribution in [0.1, 0.15) is 31.4 Å². The van der Waals surface area contributed by atoms with E-state index >= 15 is 0 Å². The van der Waals surface area contributed by atoms with Crippen molar-refractivity contribution < 1.29 is 4.74 Å². The number of ether oxygens (including phenoxy) is 1. The summed E-state index contributed by atoms with van der Waals surface area (Å²) in [6.07, 6.45) is 2.27. The Balaban J connectivity index is 0.00000147. The molecule has 20 heavy (non-hydrogen) atoms. The molecule has 1 aromatic rings. The van der Waals surface area contributed by atoms with E-state index in [1.807, 2.05) is 0 Å². The van der Waals surface area contributed by atoms with Gasteiger partial charge in [-0.1, -0.05) is 18.2 Å². The highest BCUT2D eigenvalue weighted by Gasteiger charge is 2.32. The summed E-state index contributed by atoms with van der Waals surface area (Å²) in [7, 11) is 2.06. The molecule has 0 spiro atoms. The third-order valence-corrected chi connectivity index (χ3v) is 4.25. The van der Waals surface area contributed by atoms with Crippen molar-refractivity contribution in [3.05, 3.63) is 29.3 Å². The molecule has 2 aliphatic heterocycles. The summed E-state index contributed by atoms with van der Waals surface area (Å²) in [6.45, 7) is 7.67. The summed E-state index contributed by atoms with van der Waals surface area (Å²) in [6, 6.07) is 7.24. The number of nitrogens with zero attached hydrogens (tertiary/aromatic N) is 1. The van der Waals surface area contributed by atoms with Crippen LogP contribution in [-0.2, 0) is 13.0 Å². The lowest BCUT2D eigenvalue weighted by Crippen LogP contribution is -2.29. The van der Waals surface area contributed by atoms with Gasteiger partial charge in [0.1, 0.15) is 11.4 Å². The van der Waals surface area contributed by atoms with E-state index in [4.69, 9.17) is 4.74 Å². The van der Waals surface area contributed by atoms with Crippen LogP contribution in [0, 0.1) is 0 Å². The van der Waals surface area contributed by atoms with E-state index in [9.17, 15) is 0 Å². The van der Waals surface area contributed by atoms with Gasteiger partial charge in [0.2, 0.25) is 0 Å². The van der Waals surface area contributed by atoms with Crippen molar-refractivity contribution in [2.24, 2.45) is 0 Å². The van der Waals surface area contributed by atoms with Crippen LogP contribution in [0.2, 0.25) is 0 Å². The number of para-hydroxylation sites is 1. The topological polar surface area (TPSA) is 24.5 Å². The monoisotopic (exact) mass is 296 g/mol. The van der Waals surface area contributed by atoms with E-state index < -0.39 is 0 Å². The highest BCUT2D eigenvalue weighted by molar-refractivity contribution is 5.85. The van der Waals surface area contributed by atoms with E-state index in [0.29, 0.717) is 6.04 Å². The van der Waals surface area contributed by atoms with Gasteiger partial charge < -0.3 is 10.1 Å². The van der Waals surface area contributed by atoms with Crippen LogP contribution < -0.4 is 10.1 Å². The molecular formula is C16H25ClN2O. The summed E-state index contributed by atoms with van der Waals surface area (Å²) in [4.78, 5) is 2.52. The first-order valence-electron chi connectivity index (χ1n) is 7.27. The number of likely N-dealkylation sites (N-methyl/N-ethyl adjacent to an activating group) is 1. The minimum atomic E-state index is -0.0447. The summed E-state index contributed by atoms with van der Waals surface area (Å²) in [5.74, 6) is 1.14. The van der Waals surface area contributed by atoms with Crippen LogP contribution in [0.5, 0.6) is 5.75 Å². The molecule has 4 heteroatoms. The molecule has 0 radical (unpaired) electrons. The van der Waals surface area contributed by atoms with Crippen molar-refractivity contribution in [2.75, 3.05) is 20.1 Å². The normalized spacial score (nSPS) is 24.1. The molecule has 1 aromatic carbocycles. The SMILES string of the molecule is CNC1CCN(Cc2cccc3c2OC(C)(C)C3)C1.Cl. The lowest BCUT2D eigenvalue weighted by molar-refractivity contribution is 0.136. The average Bonchev–Trinajstić information content (AvgIpc) is 2.92. The fraction of sp³-hybridized carbons (Fsp3) is 0.625. The smallest absolute Gasteiger partial charge is 0.127 e. The van der Waals surface area contributed by atoms with Gasteiger partial charge in [-0.25, -0.2) is 0 Å². The minimum absolute atomic E-state index is 0. The van der Waals surface area contributed by atoms with Crippen molar-refractivity contribution in [3.8, 4) is 5.75 Å². The van der Waals surface area contributed by atoms with Gasteiger partial charge in [0, 0.05) is 37.7 Å². The van der Waals surface area contributed by atoms with Gasteiger partial charge in [0.25, 0.3) is 0 Å². The summed E-state index contributed by atoms with van der Waals surface area (Å²) >= 11 is 0. The van der Waals surface area contributed by atoms with Crippen molar-refractivity contribution in [1.29, 1.82) is 0 Å². The quantitative estimate of drug-likeness (QED) is 0.928. The van der Waals surface area contributed by atoms with E-state index in [0.717, 1.165) is 25.3 Å². The Kier molecular flexibility index (Phi) is 4.62. The summed E-state index contributed by atoms with van der Waals surface area (Å²) in [5.41, 5.74) is 2.67. The van der Waals surface area contributed by atoms with Crippen molar-refractivity contribution >= 4 is 12.4 Å². The molecule has 2 aliphatic rings. The number of rotatable bonds is 3. The van der Waals surface area contributed by atoms with Gasteiger partial charge in [-0.2, -0.15) is 0 Å². The zero-order valence-corrected chi connectivity index (χ0v) is 13.4. The average molecular weight is 297 g/mol. The molecule has 1 atom stereocenters. The lowest BCUT2D eigenvalue weighted by atomic mass is 10.0. The van der Waals surface area contributed by atoms with E-state index in [1.54, 1.807) is 0 Å². The molecule has 0 amide bonds. The lowest BCUT2D eigenvalue weighted by Gasteiger charge is -2.20. The van der Waals surface area contributed by atoms with Gasteiger partial charge in [0.15, 0.2) is 0 Å². The third kappa shape index (κ3) is 3.11. The molecule has 3 nitrogen and oxygen atoms in total. The number of hydrogen-bond donors (Lipinski definition) is 1. The molecule has 3 rings (SSSR count). The zero-order valence-electron chi connectivity index (χ0n) is 12.6. The molecule has 2 heterocycles. The highest BCUT2D eigenvalue weighted by atomic mass is 35.5. The van der Waals surface area contributed by atoms with Crippen LogP contribution >= 0.6 is 12.4 Å². The molecule has 0 aromatic heterocycles. The van der Waals surface area contributed by atoms with E-state index in [2.05, 4.69) is 49.3 Å². The molecule has 1 saturated heterocycles. The number of benzene rings is 1. The van der Waals surface area contributed by atoms with E-state index in [1.165, 1.54) is 24.1 Å². The Hall–Kier alpha value is -0.770. The molecule has 0 bridgehead atoms. The second-order valence-corrected chi connectivity index (χ2v) is 6.45. The predicted molar refractivity (Wildman–Crippen MR) is 84.8 cm³/mol. The second-order valence-electron chi connectivity index (χ2n) is 6.45. The van der Waals surface area contributed by atoms with Crippen LogP contribution in [0.3, 0.4) is 0 Å². The molecule has 112 valence electrons. The van der Waals surface area contributed by atoms with Gasteiger partial charge in [-0.15, -0.1) is 12.4 Å². The minimum Gasteiger partial charge on any atom is -0.487 e. The molecule has 1 fully saturated rings. The van der Waals surface area contributed by atoms with Gasteiger partial charge in [0.05, 0.1) is 0 Å². The predicted octanol–water partition coefficient (Wildman–Crippen LogP) is 2.62. The Morgan fingerprint density at radius 2 is 2.20 bits per heavy atom. The summed E-state index contributed by atoms with van der Waals surface area (Å²) in [5, 5.41) is 3.37. The third-order valence-electron chi connectivity index (χ3n) is 4.25. The van der Waals surface area contributed by atoms with Gasteiger partial charge in [-0.3, -0.25) is 4.90 Å². The van der Waals surface area contributed by atoms with Crippen LogP contribution in [0.15, 0.2) is 18.2 Å². The number of fused-ring (bicyclic) bond motifs is 1. The first kappa shape index (κ1) is 15.6. The Labute approximate surface area is 128 Å². The first-order chi connectivity index (χ1) is 9.07. The van der Waals surface area contributed by atoms with Gasteiger partial charge >= 0.3 is 0 Å². The Morgan fingerprint density at radius 3 is 2.90 bits per heavy atom. The number of nitrogens with one attached hydrogen (secondary N) is 1. The Morgan fingerprint density at radius 1 is 1.40 bits per heavy atom. The van der Waals surface area contributed by atoms with Crippen LogP contribution in [0.25, 0.3) is 0 Å². The maximum atomic E-state index is 6.15. The standard InChI is InChI=1S/C16H24N2O.ClH/c1-16(2)9-12-5-4-6-13(15(12)19-16)10-18-8-7-14(11-18)17-3;/h4-6,14,17H,7-11H2,1-3H3;1H. The molecule has 1 N–H and O–H groups in total. The number of likely N-dealkylation sites (tertiary alicyclic amines) is 1. The number of halogens is 1.